The molecule has 0 aromatic heterocycles. The lowest BCUT2D eigenvalue weighted by atomic mass is 9.99. The number of ether oxygens (including phenoxy) is 1. The summed E-state index contributed by atoms with van der Waals surface area (Å²) in [5, 5.41) is 14.4. The van der Waals surface area contributed by atoms with Crippen LogP contribution in [0.25, 0.3) is 0 Å². The molecule has 0 amide bonds. The van der Waals surface area contributed by atoms with Crippen molar-refractivity contribution in [2.75, 3.05) is 5.32 Å². The van der Waals surface area contributed by atoms with E-state index in [-0.39, 0.29) is 28.9 Å². The highest BCUT2D eigenvalue weighted by Gasteiger charge is 2.25. The van der Waals surface area contributed by atoms with Crippen LogP contribution in [0.15, 0.2) is 16.6 Å². The van der Waals surface area contributed by atoms with Crippen molar-refractivity contribution < 1.29 is 9.66 Å². The minimum Gasteiger partial charge on any atom is -0.381 e. The Balaban J connectivity index is 2.20. The van der Waals surface area contributed by atoms with E-state index in [4.69, 9.17) is 4.74 Å². The van der Waals surface area contributed by atoms with E-state index < -0.39 is 0 Å². The van der Waals surface area contributed by atoms with Crippen molar-refractivity contribution in [3.63, 3.8) is 0 Å². The van der Waals surface area contributed by atoms with Crippen LogP contribution >= 0.6 is 15.9 Å². The van der Waals surface area contributed by atoms with E-state index >= 15 is 0 Å². The largest absolute Gasteiger partial charge is 0.381 e. The zero-order chi connectivity index (χ0) is 14.9. The quantitative estimate of drug-likeness (QED) is 0.665. The summed E-state index contributed by atoms with van der Waals surface area (Å²) in [6, 6.07) is 3.66. The summed E-state index contributed by atoms with van der Waals surface area (Å²) in [6.45, 7) is 5.85. The smallest absolute Gasteiger partial charge is 0.274 e. The van der Waals surface area contributed by atoms with Gasteiger partial charge in [0.15, 0.2) is 0 Å². The van der Waals surface area contributed by atoms with Crippen LogP contribution in [-0.2, 0) is 4.74 Å². The second kappa shape index (κ2) is 6.10. The Morgan fingerprint density at radius 3 is 2.50 bits per heavy atom. The summed E-state index contributed by atoms with van der Waals surface area (Å²) < 4.78 is 6.56. The highest BCUT2D eigenvalue weighted by Crippen LogP contribution is 2.32. The number of nitrogens with one attached hydrogen (secondary N) is 1. The number of benzene rings is 1. The zero-order valence-corrected chi connectivity index (χ0v) is 13.4. The minimum absolute atomic E-state index is 0.142. The Bertz CT molecular complexity index is 511. The number of hydrogen-bond donors (Lipinski definition) is 1. The lowest BCUT2D eigenvalue weighted by Gasteiger charge is -2.33. The molecule has 1 heterocycles. The van der Waals surface area contributed by atoms with E-state index in [2.05, 4.69) is 35.1 Å². The average Bonchev–Trinajstić information content (AvgIpc) is 2.30. The van der Waals surface area contributed by atoms with Gasteiger partial charge in [-0.3, -0.25) is 10.1 Å². The first kappa shape index (κ1) is 15.3. The van der Waals surface area contributed by atoms with Crippen LogP contribution in [0, 0.1) is 17.0 Å². The fourth-order valence-electron chi connectivity index (χ4n) is 2.71. The Morgan fingerprint density at radius 1 is 1.35 bits per heavy atom. The summed E-state index contributed by atoms with van der Waals surface area (Å²) in [7, 11) is 0. The summed E-state index contributed by atoms with van der Waals surface area (Å²) in [6.07, 6.45) is 2.21. The number of rotatable bonds is 3. The number of nitro benzene ring substituents is 1. The third kappa shape index (κ3) is 3.49. The van der Waals surface area contributed by atoms with E-state index in [1.807, 2.05) is 0 Å². The van der Waals surface area contributed by atoms with E-state index in [1.54, 1.807) is 19.1 Å². The van der Waals surface area contributed by atoms with Crippen molar-refractivity contribution >= 4 is 27.3 Å². The molecule has 2 atom stereocenters. The molecule has 1 aliphatic heterocycles. The molecule has 0 radical (unpaired) electrons. The van der Waals surface area contributed by atoms with Crippen LogP contribution < -0.4 is 5.32 Å². The molecule has 1 aliphatic rings. The number of nitro groups is 1. The van der Waals surface area contributed by atoms with Gasteiger partial charge >= 0.3 is 0 Å². The predicted octanol–water partition coefficient (Wildman–Crippen LogP) is 4.03. The van der Waals surface area contributed by atoms with Crippen LogP contribution in [0.4, 0.5) is 11.4 Å². The Kier molecular flexibility index (Phi) is 4.65. The minimum atomic E-state index is -0.345. The van der Waals surface area contributed by atoms with Gasteiger partial charge in [0.1, 0.15) is 0 Å². The second-order valence-electron chi connectivity index (χ2n) is 5.45. The van der Waals surface area contributed by atoms with Crippen molar-refractivity contribution in [1.82, 2.24) is 0 Å². The van der Waals surface area contributed by atoms with Crippen molar-refractivity contribution in [2.45, 2.75) is 51.9 Å². The van der Waals surface area contributed by atoms with Crippen molar-refractivity contribution in [3.8, 4) is 0 Å². The molecule has 6 heteroatoms. The van der Waals surface area contributed by atoms with Crippen LogP contribution in [0.2, 0.25) is 0 Å². The Hall–Kier alpha value is -1.14. The first-order valence-electron chi connectivity index (χ1n) is 6.73. The fourth-order valence-corrected chi connectivity index (χ4v) is 3.28. The number of hydrogen-bond acceptors (Lipinski definition) is 4. The monoisotopic (exact) mass is 342 g/mol. The second-order valence-corrected chi connectivity index (χ2v) is 6.30. The maximum Gasteiger partial charge on any atom is 0.274 e. The van der Waals surface area contributed by atoms with E-state index in [1.165, 1.54) is 0 Å². The number of aryl methyl sites for hydroxylation is 1. The van der Waals surface area contributed by atoms with Crippen LogP contribution in [0.1, 0.15) is 32.3 Å². The molecule has 5 nitrogen and oxygen atoms in total. The first-order chi connectivity index (χ1) is 9.36. The third-order valence-electron chi connectivity index (χ3n) is 3.54. The van der Waals surface area contributed by atoms with Crippen LogP contribution in [-0.4, -0.2) is 23.2 Å². The van der Waals surface area contributed by atoms with Gasteiger partial charge in [-0.05, 0) is 55.6 Å². The topological polar surface area (TPSA) is 64.4 Å². The van der Waals surface area contributed by atoms with Gasteiger partial charge in [0.25, 0.3) is 5.69 Å². The predicted molar refractivity (Wildman–Crippen MR) is 82.2 cm³/mol. The van der Waals surface area contributed by atoms with Gasteiger partial charge in [-0.15, -0.1) is 0 Å². The van der Waals surface area contributed by atoms with Gasteiger partial charge in [0.2, 0.25) is 0 Å². The number of anilines is 1. The average molecular weight is 343 g/mol. The molecular weight excluding hydrogens is 324 g/mol. The molecule has 110 valence electrons. The molecule has 20 heavy (non-hydrogen) atoms. The summed E-state index contributed by atoms with van der Waals surface area (Å²) in [5.41, 5.74) is 1.57. The summed E-state index contributed by atoms with van der Waals surface area (Å²) in [4.78, 5) is 10.7. The molecule has 2 unspecified atom stereocenters. The molecular formula is C14H19BrN2O3. The summed E-state index contributed by atoms with van der Waals surface area (Å²) in [5.74, 6) is 0. The van der Waals surface area contributed by atoms with Crippen LogP contribution in [0.5, 0.6) is 0 Å². The fraction of sp³-hybridized carbons (Fsp3) is 0.571. The molecule has 0 spiro atoms. The van der Waals surface area contributed by atoms with E-state index in [0.717, 1.165) is 23.0 Å². The van der Waals surface area contributed by atoms with Gasteiger partial charge < -0.3 is 10.1 Å². The molecule has 1 saturated heterocycles. The van der Waals surface area contributed by atoms with Crippen molar-refractivity contribution in [2.24, 2.45) is 0 Å². The van der Waals surface area contributed by atoms with Gasteiger partial charge in [0.05, 0.1) is 22.8 Å². The SMILES string of the molecule is Cc1cc(Br)c(NC2CC(C)OC(C)C2)cc1[N+](=O)[O-]. The molecule has 0 saturated carbocycles. The van der Waals surface area contributed by atoms with E-state index in [9.17, 15) is 10.1 Å². The zero-order valence-electron chi connectivity index (χ0n) is 11.9. The highest BCUT2D eigenvalue weighted by atomic mass is 79.9. The van der Waals surface area contributed by atoms with E-state index in [0.29, 0.717) is 5.56 Å². The molecule has 1 N–H and O–H groups in total. The lowest BCUT2D eigenvalue weighted by Crippen LogP contribution is -2.37. The maximum absolute atomic E-state index is 11.0. The molecule has 0 aliphatic carbocycles. The first-order valence-corrected chi connectivity index (χ1v) is 7.52. The third-order valence-corrected chi connectivity index (χ3v) is 4.20. The lowest BCUT2D eigenvalue weighted by molar-refractivity contribution is -0.385. The number of nitrogens with zero attached hydrogens (tertiary/aromatic N) is 1. The highest BCUT2D eigenvalue weighted by molar-refractivity contribution is 9.10. The van der Waals surface area contributed by atoms with Gasteiger partial charge in [0, 0.05) is 22.1 Å². The maximum atomic E-state index is 11.0. The van der Waals surface area contributed by atoms with Crippen molar-refractivity contribution in [3.05, 3.63) is 32.3 Å². The standard InChI is InChI=1S/C14H19BrN2O3/c1-8-4-12(15)13(7-14(8)17(18)19)16-11-5-9(2)20-10(3)6-11/h4,7,9-11,16H,5-6H2,1-3H3. The molecule has 1 aromatic carbocycles. The normalized spacial score (nSPS) is 26.3. The Morgan fingerprint density at radius 2 is 1.95 bits per heavy atom. The van der Waals surface area contributed by atoms with Gasteiger partial charge in [-0.2, -0.15) is 0 Å². The molecule has 1 fully saturated rings. The summed E-state index contributed by atoms with van der Waals surface area (Å²) >= 11 is 3.47. The molecule has 1 aromatic rings. The number of halogens is 1. The molecule has 2 rings (SSSR count). The van der Waals surface area contributed by atoms with Crippen LogP contribution in [0.3, 0.4) is 0 Å². The van der Waals surface area contributed by atoms with Gasteiger partial charge in [-0.25, -0.2) is 0 Å². The molecule has 0 bridgehead atoms. The van der Waals surface area contributed by atoms with Crippen molar-refractivity contribution in [1.29, 1.82) is 0 Å². The Labute approximate surface area is 127 Å². The van der Waals surface area contributed by atoms with Gasteiger partial charge in [-0.1, -0.05) is 0 Å².